The monoisotopic (exact) mass is 646 g/mol. The molecule has 2 aliphatic heterocycles. The Morgan fingerprint density at radius 2 is 1.04 bits per heavy atom. The van der Waals surface area contributed by atoms with Crippen LogP contribution in [0, 0.1) is 0 Å². The fourth-order valence-corrected chi connectivity index (χ4v) is 8.79. The number of benzene rings is 2. The Morgan fingerprint density at radius 3 is 1.53 bits per heavy atom. The zero-order valence-corrected chi connectivity index (χ0v) is 25.8. The number of fused-ring (bicyclic) bond motifs is 3. The average molecular weight is 647 g/mol. The number of rotatable bonds is 6. The predicted molar refractivity (Wildman–Crippen MR) is 170 cm³/mol. The zero-order valence-electron chi connectivity index (χ0n) is 24.2. The van der Waals surface area contributed by atoms with Crippen LogP contribution in [-0.2, 0) is 20.0 Å². The van der Waals surface area contributed by atoms with Crippen molar-refractivity contribution in [1.29, 1.82) is 0 Å². The minimum absolute atomic E-state index is 0.00280. The molecule has 2 aliphatic rings. The first-order valence-corrected chi connectivity index (χ1v) is 17.4. The first kappa shape index (κ1) is 29.3. The van der Waals surface area contributed by atoms with Gasteiger partial charge in [-0.1, -0.05) is 18.2 Å². The molecule has 5 heterocycles. The largest absolute Gasteiger partial charge is 0.422 e. The van der Waals surface area contributed by atoms with E-state index in [2.05, 4.69) is 9.97 Å². The molecule has 0 unspecified atom stereocenters. The highest BCUT2D eigenvalue weighted by Crippen LogP contribution is 2.30. The van der Waals surface area contributed by atoms with Crippen LogP contribution in [0.1, 0.15) is 0 Å². The fraction of sp³-hybridized carbons (Fsp3) is 0.258. The van der Waals surface area contributed by atoms with E-state index < -0.39 is 25.7 Å². The molecule has 0 aliphatic carbocycles. The van der Waals surface area contributed by atoms with Gasteiger partial charge < -0.3 is 14.2 Å². The lowest BCUT2D eigenvalue weighted by Gasteiger charge is -2.34. The Hall–Kier alpha value is -4.37. The fourth-order valence-electron chi connectivity index (χ4n) is 5.91. The van der Waals surface area contributed by atoms with E-state index in [1.54, 1.807) is 24.5 Å². The molecule has 3 aromatic heterocycles. The highest BCUT2D eigenvalue weighted by Gasteiger charge is 2.31. The summed E-state index contributed by atoms with van der Waals surface area (Å²) < 4.78 is 62.5. The molecular formula is C31H30N6O6S2. The molecular weight excluding hydrogens is 617 g/mol. The standard InChI is InChI=1S/C31H30N6O6S2/c38-31-27-21-23(44(39,40)36-17-13-34(14-18-36)29-5-1-3-11-32-29)7-9-25(27)26-10-8-24(22-28(26)43-31)45(41,42)37-19-15-35(16-20-37)30-6-2-4-12-33-30/h1-12,21-22H,13-20H2. The van der Waals surface area contributed by atoms with E-state index in [0.717, 1.165) is 11.6 Å². The quantitative estimate of drug-likeness (QED) is 0.200. The van der Waals surface area contributed by atoms with Gasteiger partial charge in [0.25, 0.3) is 0 Å². The van der Waals surface area contributed by atoms with Gasteiger partial charge in [0, 0.05) is 81.6 Å². The van der Waals surface area contributed by atoms with Gasteiger partial charge in [-0.25, -0.2) is 31.6 Å². The second-order valence-electron chi connectivity index (χ2n) is 10.9. The summed E-state index contributed by atoms with van der Waals surface area (Å²) in [6.45, 7) is 3.09. The molecule has 5 aromatic rings. The Balaban J connectivity index is 1.12. The summed E-state index contributed by atoms with van der Waals surface area (Å²) in [5, 5.41) is 1.10. The summed E-state index contributed by atoms with van der Waals surface area (Å²) >= 11 is 0. The number of piperazine rings is 2. The lowest BCUT2D eigenvalue weighted by atomic mass is 10.1. The number of pyridine rings is 2. The van der Waals surface area contributed by atoms with Crippen LogP contribution in [0.25, 0.3) is 21.7 Å². The Bertz CT molecular complexity index is 2150. The topological polar surface area (TPSA) is 137 Å². The molecule has 0 N–H and O–H groups in total. The second kappa shape index (κ2) is 11.5. The zero-order chi connectivity index (χ0) is 31.2. The highest BCUT2D eigenvalue weighted by molar-refractivity contribution is 7.89. The van der Waals surface area contributed by atoms with Crippen LogP contribution in [-0.4, -0.2) is 87.8 Å². The summed E-state index contributed by atoms with van der Waals surface area (Å²) in [4.78, 5) is 25.9. The predicted octanol–water partition coefficient (Wildman–Crippen LogP) is 2.76. The van der Waals surface area contributed by atoms with E-state index in [1.165, 1.54) is 32.9 Å². The van der Waals surface area contributed by atoms with Gasteiger partial charge in [0.2, 0.25) is 20.0 Å². The van der Waals surface area contributed by atoms with Crippen molar-refractivity contribution in [3.63, 3.8) is 0 Å². The molecule has 232 valence electrons. The van der Waals surface area contributed by atoms with Crippen LogP contribution in [0.3, 0.4) is 0 Å². The summed E-state index contributed by atoms with van der Waals surface area (Å²) in [6, 6.07) is 20.1. The highest BCUT2D eigenvalue weighted by atomic mass is 32.2. The smallest absolute Gasteiger partial charge is 0.344 e. The average Bonchev–Trinajstić information content (AvgIpc) is 3.09. The van der Waals surface area contributed by atoms with Crippen molar-refractivity contribution < 1.29 is 21.3 Å². The van der Waals surface area contributed by atoms with E-state index in [1.807, 2.05) is 46.2 Å². The first-order chi connectivity index (χ1) is 21.7. The van der Waals surface area contributed by atoms with Crippen molar-refractivity contribution in [2.24, 2.45) is 0 Å². The summed E-state index contributed by atoms with van der Waals surface area (Å²) in [5.41, 5.74) is -0.630. The molecule has 45 heavy (non-hydrogen) atoms. The maximum absolute atomic E-state index is 13.5. The minimum atomic E-state index is -3.88. The number of aromatic nitrogens is 2. The van der Waals surface area contributed by atoms with E-state index in [9.17, 15) is 21.6 Å². The molecule has 12 nitrogen and oxygen atoms in total. The van der Waals surface area contributed by atoms with Gasteiger partial charge in [-0.15, -0.1) is 0 Å². The van der Waals surface area contributed by atoms with Gasteiger partial charge in [0.15, 0.2) is 0 Å². The maximum Gasteiger partial charge on any atom is 0.344 e. The molecule has 0 atom stereocenters. The maximum atomic E-state index is 13.5. The minimum Gasteiger partial charge on any atom is -0.422 e. The lowest BCUT2D eigenvalue weighted by Crippen LogP contribution is -2.48. The van der Waals surface area contributed by atoms with Crippen LogP contribution in [0.15, 0.2) is 104 Å². The van der Waals surface area contributed by atoms with Crippen molar-refractivity contribution in [3.8, 4) is 0 Å². The number of hydrogen-bond donors (Lipinski definition) is 0. The molecule has 0 radical (unpaired) electrons. The normalized spacial score (nSPS) is 17.2. The van der Waals surface area contributed by atoms with Crippen molar-refractivity contribution >= 4 is 53.4 Å². The molecule has 0 amide bonds. The molecule has 2 aromatic carbocycles. The first-order valence-electron chi connectivity index (χ1n) is 14.5. The molecule has 2 saturated heterocycles. The Labute approximate surface area is 260 Å². The molecule has 0 saturated carbocycles. The van der Waals surface area contributed by atoms with Crippen molar-refractivity contribution in [1.82, 2.24) is 18.6 Å². The summed E-state index contributed by atoms with van der Waals surface area (Å²) in [5.74, 6) is 1.59. The second-order valence-corrected chi connectivity index (χ2v) is 14.8. The van der Waals surface area contributed by atoms with Gasteiger partial charge in [-0.2, -0.15) is 8.61 Å². The van der Waals surface area contributed by atoms with Crippen molar-refractivity contribution in [2.45, 2.75) is 9.79 Å². The molecule has 7 rings (SSSR count). The van der Waals surface area contributed by atoms with Gasteiger partial charge in [-0.3, -0.25) is 0 Å². The van der Waals surface area contributed by atoms with Crippen molar-refractivity contribution in [2.75, 3.05) is 62.2 Å². The van der Waals surface area contributed by atoms with Crippen LogP contribution < -0.4 is 15.4 Å². The number of anilines is 2. The third-order valence-electron chi connectivity index (χ3n) is 8.36. The van der Waals surface area contributed by atoms with E-state index >= 15 is 0 Å². The van der Waals surface area contributed by atoms with Gasteiger partial charge in [0.1, 0.15) is 17.2 Å². The third-order valence-corrected chi connectivity index (χ3v) is 12.1. The number of nitrogens with zero attached hydrogens (tertiary/aromatic N) is 6. The summed E-state index contributed by atoms with van der Waals surface area (Å²) in [7, 11) is -7.73. The van der Waals surface area contributed by atoms with Crippen LogP contribution in [0.2, 0.25) is 0 Å². The van der Waals surface area contributed by atoms with E-state index in [4.69, 9.17) is 4.42 Å². The number of hydrogen-bond acceptors (Lipinski definition) is 10. The van der Waals surface area contributed by atoms with Gasteiger partial charge >= 0.3 is 5.63 Å². The van der Waals surface area contributed by atoms with E-state index in [-0.39, 0.29) is 46.9 Å². The SMILES string of the molecule is O=c1oc2cc(S(=O)(=O)N3CCN(c4ccccn4)CC3)ccc2c2ccc(S(=O)(=O)N3CCN(c4ccccn4)CC3)cc12. The van der Waals surface area contributed by atoms with Crippen LogP contribution >= 0.6 is 0 Å². The Morgan fingerprint density at radius 1 is 0.556 bits per heavy atom. The lowest BCUT2D eigenvalue weighted by molar-refractivity contribution is 0.383. The molecule has 0 spiro atoms. The summed E-state index contributed by atoms with van der Waals surface area (Å²) in [6.07, 6.45) is 3.41. The molecule has 14 heteroatoms. The third kappa shape index (κ3) is 5.43. The van der Waals surface area contributed by atoms with Crippen LogP contribution in [0.5, 0.6) is 0 Å². The number of sulfonamides is 2. The van der Waals surface area contributed by atoms with Crippen LogP contribution in [0.4, 0.5) is 11.6 Å². The Kier molecular flexibility index (Phi) is 7.52. The molecule has 2 fully saturated rings. The van der Waals surface area contributed by atoms with Crippen molar-refractivity contribution in [3.05, 3.63) is 95.6 Å². The van der Waals surface area contributed by atoms with Gasteiger partial charge in [0.05, 0.1) is 15.2 Å². The molecule has 0 bridgehead atoms. The van der Waals surface area contributed by atoms with E-state index in [0.29, 0.717) is 37.0 Å². The van der Waals surface area contributed by atoms with Gasteiger partial charge in [-0.05, 0) is 48.5 Å².